The SMILES string of the molecule is CC(C)C(C)OC(=O)OC(C)C(C)C. The lowest BCUT2D eigenvalue weighted by molar-refractivity contribution is -0.0144. The molecule has 2 unspecified atom stereocenters. The second kappa shape index (κ2) is 5.89. The standard InChI is InChI=1S/C11H22O3/c1-7(2)9(5)13-11(12)14-10(6)8(3)4/h7-10H,1-6H3. The largest absolute Gasteiger partial charge is 0.508 e. The maximum absolute atomic E-state index is 11.2. The molecule has 0 aromatic rings. The molecular formula is C11H22O3. The van der Waals surface area contributed by atoms with E-state index in [1.165, 1.54) is 0 Å². The molecule has 0 saturated carbocycles. The zero-order valence-electron chi connectivity index (χ0n) is 10.0. The average molecular weight is 202 g/mol. The lowest BCUT2D eigenvalue weighted by atomic mass is 10.1. The van der Waals surface area contributed by atoms with E-state index in [1.807, 2.05) is 41.5 Å². The molecule has 0 rings (SSSR count). The van der Waals surface area contributed by atoms with Gasteiger partial charge in [-0.2, -0.15) is 0 Å². The molecule has 0 aromatic heterocycles. The molecule has 0 amide bonds. The Morgan fingerprint density at radius 3 is 1.29 bits per heavy atom. The molecule has 3 nitrogen and oxygen atoms in total. The van der Waals surface area contributed by atoms with Crippen molar-refractivity contribution in [3.63, 3.8) is 0 Å². The van der Waals surface area contributed by atoms with Crippen LogP contribution in [0.3, 0.4) is 0 Å². The van der Waals surface area contributed by atoms with Gasteiger partial charge in [0.25, 0.3) is 0 Å². The molecule has 0 radical (unpaired) electrons. The van der Waals surface area contributed by atoms with Crippen molar-refractivity contribution >= 4 is 6.16 Å². The molecule has 14 heavy (non-hydrogen) atoms. The fourth-order valence-electron chi connectivity index (χ4n) is 0.604. The molecule has 0 aliphatic carbocycles. The fraction of sp³-hybridized carbons (Fsp3) is 0.909. The summed E-state index contributed by atoms with van der Waals surface area (Å²) in [6, 6.07) is 0. The number of carbonyl (C=O) groups excluding carboxylic acids is 1. The summed E-state index contributed by atoms with van der Waals surface area (Å²) < 4.78 is 10.1. The number of rotatable bonds is 4. The van der Waals surface area contributed by atoms with Crippen LogP contribution in [0.1, 0.15) is 41.5 Å². The molecule has 0 heterocycles. The van der Waals surface area contributed by atoms with Crippen LogP contribution in [0.15, 0.2) is 0 Å². The number of ether oxygens (including phenoxy) is 2. The van der Waals surface area contributed by atoms with Crippen LogP contribution < -0.4 is 0 Å². The van der Waals surface area contributed by atoms with Crippen LogP contribution in [0.2, 0.25) is 0 Å². The molecule has 0 aromatic carbocycles. The van der Waals surface area contributed by atoms with Crippen LogP contribution in [0, 0.1) is 11.8 Å². The van der Waals surface area contributed by atoms with Crippen molar-refractivity contribution in [2.75, 3.05) is 0 Å². The molecule has 84 valence electrons. The number of carbonyl (C=O) groups is 1. The normalized spacial score (nSPS) is 15.4. The molecule has 0 fully saturated rings. The summed E-state index contributed by atoms with van der Waals surface area (Å²) in [6.07, 6.45) is -0.754. The van der Waals surface area contributed by atoms with E-state index in [4.69, 9.17) is 9.47 Å². The van der Waals surface area contributed by atoms with E-state index in [2.05, 4.69) is 0 Å². The van der Waals surface area contributed by atoms with Crippen molar-refractivity contribution in [3.8, 4) is 0 Å². The van der Waals surface area contributed by atoms with Crippen molar-refractivity contribution in [1.82, 2.24) is 0 Å². The third-order valence-corrected chi connectivity index (χ3v) is 2.44. The van der Waals surface area contributed by atoms with Crippen LogP contribution in [-0.4, -0.2) is 18.4 Å². The molecule has 0 saturated heterocycles. The highest BCUT2D eigenvalue weighted by Gasteiger charge is 2.17. The first-order valence-corrected chi connectivity index (χ1v) is 5.21. The van der Waals surface area contributed by atoms with E-state index < -0.39 is 6.16 Å². The highest BCUT2D eigenvalue weighted by atomic mass is 16.7. The van der Waals surface area contributed by atoms with Crippen LogP contribution in [-0.2, 0) is 9.47 Å². The molecule has 0 aliphatic heterocycles. The van der Waals surface area contributed by atoms with E-state index in [9.17, 15) is 4.79 Å². The smallest absolute Gasteiger partial charge is 0.431 e. The molecule has 0 spiro atoms. The van der Waals surface area contributed by atoms with Gasteiger partial charge in [0.1, 0.15) is 12.2 Å². The highest BCUT2D eigenvalue weighted by molar-refractivity contribution is 5.60. The second-order valence-electron chi connectivity index (χ2n) is 4.38. The predicted octanol–water partition coefficient (Wildman–Crippen LogP) is 3.23. The van der Waals surface area contributed by atoms with Gasteiger partial charge in [-0.3, -0.25) is 0 Å². The van der Waals surface area contributed by atoms with E-state index in [0.29, 0.717) is 11.8 Å². The zero-order valence-corrected chi connectivity index (χ0v) is 10.0. The van der Waals surface area contributed by atoms with Crippen LogP contribution in [0.5, 0.6) is 0 Å². The monoisotopic (exact) mass is 202 g/mol. The Balaban J connectivity index is 3.87. The van der Waals surface area contributed by atoms with Gasteiger partial charge in [-0.25, -0.2) is 4.79 Å². The maximum Gasteiger partial charge on any atom is 0.508 e. The highest BCUT2D eigenvalue weighted by Crippen LogP contribution is 2.10. The van der Waals surface area contributed by atoms with Crippen LogP contribution in [0.25, 0.3) is 0 Å². The molecule has 3 heteroatoms. The molecule has 0 bridgehead atoms. The van der Waals surface area contributed by atoms with Crippen LogP contribution >= 0.6 is 0 Å². The van der Waals surface area contributed by atoms with E-state index in [0.717, 1.165) is 0 Å². The van der Waals surface area contributed by atoms with Gasteiger partial charge < -0.3 is 9.47 Å². The summed E-state index contributed by atoms with van der Waals surface area (Å²) in [5.74, 6) is 0.633. The Morgan fingerprint density at radius 2 is 1.07 bits per heavy atom. The quantitative estimate of drug-likeness (QED) is 0.656. The summed E-state index contributed by atoms with van der Waals surface area (Å²) in [7, 11) is 0. The summed E-state index contributed by atoms with van der Waals surface area (Å²) >= 11 is 0. The van der Waals surface area contributed by atoms with Gasteiger partial charge in [0.2, 0.25) is 0 Å². The van der Waals surface area contributed by atoms with E-state index >= 15 is 0 Å². The van der Waals surface area contributed by atoms with Gasteiger partial charge >= 0.3 is 6.16 Å². The van der Waals surface area contributed by atoms with Crippen molar-refractivity contribution in [1.29, 1.82) is 0 Å². The van der Waals surface area contributed by atoms with Crippen molar-refractivity contribution in [3.05, 3.63) is 0 Å². The second-order valence-corrected chi connectivity index (χ2v) is 4.38. The summed E-state index contributed by atoms with van der Waals surface area (Å²) in [6.45, 7) is 11.7. The summed E-state index contributed by atoms with van der Waals surface area (Å²) in [5.41, 5.74) is 0. The summed E-state index contributed by atoms with van der Waals surface area (Å²) in [5, 5.41) is 0. The average Bonchev–Trinajstić information content (AvgIpc) is 2.03. The molecule has 0 aliphatic rings. The van der Waals surface area contributed by atoms with Gasteiger partial charge in [0, 0.05) is 0 Å². The van der Waals surface area contributed by atoms with Gasteiger partial charge in [-0.15, -0.1) is 0 Å². The topological polar surface area (TPSA) is 35.5 Å². The third-order valence-electron chi connectivity index (χ3n) is 2.44. The first-order chi connectivity index (χ1) is 6.34. The Labute approximate surface area is 86.8 Å². The summed E-state index contributed by atoms with van der Waals surface area (Å²) in [4.78, 5) is 11.2. The Bertz CT molecular complexity index is 157. The van der Waals surface area contributed by atoms with E-state index in [-0.39, 0.29) is 12.2 Å². The van der Waals surface area contributed by atoms with Gasteiger partial charge in [0.05, 0.1) is 0 Å². The Kier molecular flexibility index (Phi) is 5.58. The Hall–Kier alpha value is -0.730. The lowest BCUT2D eigenvalue weighted by Gasteiger charge is -2.20. The minimum atomic E-state index is -0.563. The van der Waals surface area contributed by atoms with Gasteiger partial charge in [0.15, 0.2) is 0 Å². The minimum Gasteiger partial charge on any atom is -0.431 e. The van der Waals surface area contributed by atoms with Crippen molar-refractivity contribution < 1.29 is 14.3 Å². The molecule has 0 N–H and O–H groups in total. The number of hydrogen-bond donors (Lipinski definition) is 0. The van der Waals surface area contributed by atoms with Gasteiger partial charge in [-0.1, -0.05) is 27.7 Å². The number of hydrogen-bond acceptors (Lipinski definition) is 3. The fourth-order valence-corrected chi connectivity index (χ4v) is 0.604. The van der Waals surface area contributed by atoms with Gasteiger partial charge in [-0.05, 0) is 25.7 Å². The minimum absolute atomic E-state index is 0.0955. The third kappa shape index (κ3) is 5.10. The van der Waals surface area contributed by atoms with Crippen LogP contribution in [0.4, 0.5) is 4.79 Å². The first kappa shape index (κ1) is 13.3. The Morgan fingerprint density at radius 1 is 0.786 bits per heavy atom. The first-order valence-electron chi connectivity index (χ1n) is 5.21. The van der Waals surface area contributed by atoms with E-state index in [1.54, 1.807) is 0 Å². The van der Waals surface area contributed by atoms with Crippen molar-refractivity contribution in [2.24, 2.45) is 11.8 Å². The maximum atomic E-state index is 11.2. The molecular weight excluding hydrogens is 180 g/mol. The zero-order chi connectivity index (χ0) is 11.3. The lowest BCUT2D eigenvalue weighted by Crippen LogP contribution is -2.25. The van der Waals surface area contributed by atoms with Crippen molar-refractivity contribution in [2.45, 2.75) is 53.8 Å². The predicted molar refractivity (Wildman–Crippen MR) is 56.2 cm³/mol. The molecule has 2 atom stereocenters.